The summed E-state index contributed by atoms with van der Waals surface area (Å²) in [5, 5.41) is 8.18. The van der Waals surface area contributed by atoms with Crippen molar-refractivity contribution in [2.75, 3.05) is 46.2 Å². The zero-order valence-corrected chi connectivity index (χ0v) is 32.7. The first-order valence-corrected chi connectivity index (χ1v) is 19.8. The fourth-order valence-corrected chi connectivity index (χ4v) is 8.20. The van der Waals surface area contributed by atoms with Crippen LogP contribution in [-0.4, -0.2) is 80.6 Å². The van der Waals surface area contributed by atoms with Crippen molar-refractivity contribution in [3.8, 4) is 40.0 Å². The van der Waals surface area contributed by atoms with Gasteiger partial charge in [0.2, 0.25) is 0 Å². The monoisotopic (exact) mass is 789 g/mol. The highest BCUT2D eigenvalue weighted by Crippen LogP contribution is 2.38. The van der Waals surface area contributed by atoms with Crippen LogP contribution in [0, 0.1) is 0 Å². The second-order valence-electron chi connectivity index (χ2n) is 15.2. The number of fused-ring (bicyclic) bond motifs is 2. The summed E-state index contributed by atoms with van der Waals surface area (Å²) in [6.07, 6.45) is 4.61. The number of aryl methyl sites for hydroxylation is 1. The van der Waals surface area contributed by atoms with Gasteiger partial charge in [0.05, 0.1) is 49.2 Å². The number of hydrogen-bond acceptors (Lipinski definition) is 11. The van der Waals surface area contributed by atoms with E-state index < -0.39 is 6.29 Å². The normalized spacial score (nSPS) is 16.9. The van der Waals surface area contributed by atoms with Crippen LogP contribution in [0.5, 0.6) is 11.5 Å². The van der Waals surface area contributed by atoms with Gasteiger partial charge >= 0.3 is 0 Å². The molecular formula is C45H43N9O5. The van der Waals surface area contributed by atoms with Crippen molar-refractivity contribution in [2.24, 2.45) is 0 Å². The lowest BCUT2D eigenvalue weighted by Gasteiger charge is -2.36. The van der Waals surface area contributed by atoms with Crippen LogP contribution in [0.1, 0.15) is 57.4 Å². The molecule has 4 aromatic heterocycles. The molecule has 0 saturated carbocycles. The molecule has 0 unspecified atom stereocenters. The van der Waals surface area contributed by atoms with Crippen LogP contribution in [0.4, 0.5) is 5.82 Å². The Morgan fingerprint density at radius 2 is 1.78 bits per heavy atom. The first-order chi connectivity index (χ1) is 28.9. The summed E-state index contributed by atoms with van der Waals surface area (Å²) < 4.78 is 27.3. The summed E-state index contributed by atoms with van der Waals surface area (Å²) in [7, 11) is 3.75. The van der Waals surface area contributed by atoms with Crippen molar-refractivity contribution in [3.05, 3.63) is 131 Å². The molecule has 14 nitrogen and oxygen atoms in total. The molecule has 3 aliphatic rings. The number of nitrogen functional groups attached to an aromatic ring is 1. The average Bonchev–Trinajstić information content (AvgIpc) is 4.09. The molecular weight excluding hydrogens is 747 g/mol. The van der Waals surface area contributed by atoms with E-state index in [4.69, 9.17) is 39.7 Å². The molecule has 3 aromatic carbocycles. The van der Waals surface area contributed by atoms with Gasteiger partial charge in [0, 0.05) is 36.7 Å². The number of hydrogen-bond donors (Lipinski definition) is 2. The van der Waals surface area contributed by atoms with Crippen molar-refractivity contribution >= 4 is 22.9 Å². The molecule has 7 aromatic rings. The molecule has 0 bridgehead atoms. The number of likely N-dealkylation sites (tertiary alicyclic amines) is 1. The van der Waals surface area contributed by atoms with E-state index >= 15 is 0 Å². The summed E-state index contributed by atoms with van der Waals surface area (Å²) in [6, 6.07) is 29.3. The molecule has 298 valence electrons. The minimum absolute atomic E-state index is 0.178. The molecule has 6 heterocycles. The lowest BCUT2D eigenvalue weighted by Crippen LogP contribution is -2.45. The average molecular weight is 790 g/mol. The summed E-state index contributed by atoms with van der Waals surface area (Å²) in [5.74, 6) is 2.21. The van der Waals surface area contributed by atoms with Crippen LogP contribution in [-0.2, 0) is 22.5 Å². The third-order valence-electron chi connectivity index (χ3n) is 11.3. The number of anilines is 1. The minimum Gasteiger partial charge on any atom is -0.497 e. The van der Waals surface area contributed by atoms with E-state index in [1.807, 2.05) is 76.1 Å². The van der Waals surface area contributed by atoms with E-state index in [-0.39, 0.29) is 11.9 Å². The van der Waals surface area contributed by atoms with Gasteiger partial charge in [-0.1, -0.05) is 18.2 Å². The maximum Gasteiger partial charge on any atom is 0.251 e. The molecule has 1 amide bonds. The highest BCUT2D eigenvalue weighted by atomic mass is 16.7. The highest BCUT2D eigenvalue weighted by Gasteiger charge is 2.29. The van der Waals surface area contributed by atoms with E-state index in [1.54, 1.807) is 25.4 Å². The molecule has 1 atom stereocenters. The first kappa shape index (κ1) is 36.7. The molecule has 2 saturated heterocycles. The van der Waals surface area contributed by atoms with Crippen molar-refractivity contribution in [1.29, 1.82) is 0 Å². The summed E-state index contributed by atoms with van der Waals surface area (Å²) in [6.45, 7) is 3.21. The number of aromatic nitrogens is 6. The Labute approximate surface area is 340 Å². The molecule has 10 rings (SSSR count). The number of amides is 1. The lowest BCUT2D eigenvalue weighted by atomic mass is 10.1. The molecule has 2 aliphatic heterocycles. The SMILES string of the molecule is COc1ccc(COc2ccc(C(=O)N[C@H]3CCc4cc(-n5c(-c6cccnc6N)nc6ccc(-c7ccn(C8CN(C)C8)n7)nc65)ccc43)cc2C2OCCO2)cc1. The Morgan fingerprint density at radius 3 is 2.58 bits per heavy atom. The van der Waals surface area contributed by atoms with Gasteiger partial charge in [-0.2, -0.15) is 5.10 Å². The third kappa shape index (κ3) is 7.05. The third-order valence-corrected chi connectivity index (χ3v) is 11.3. The summed E-state index contributed by atoms with van der Waals surface area (Å²) in [4.78, 5) is 30.7. The number of pyridine rings is 2. The fourth-order valence-electron chi connectivity index (χ4n) is 8.20. The summed E-state index contributed by atoms with van der Waals surface area (Å²) >= 11 is 0. The number of benzene rings is 3. The van der Waals surface area contributed by atoms with Crippen LogP contribution in [0.15, 0.2) is 103 Å². The number of rotatable bonds is 11. The maximum atomic E-state index is 13.9. The molecule has 3 N–H and O–H groups in total. The maximum absolute atomic E-state index is 13.9. The first-order valence-electron chi connectivity index (χ1n) is 19.8. The van der Waals surface area contributed by atoms with Crippen molar-refractivity contribution < 1.29 is 23.7 Å². The van der Waals surface area contributed by atoms with Gasteiger partial charge < -0.3 is 34.9 Å². The van der Waals surface area contributed by atoms with Gasteiger partial charge in [-0.25, -0.2) is 15.0 Å². The Hall–Kier alpha value is -6.61. The number of nitrogens with one attached hydrogen (secondary N) is 1. The molecule has 14 heteroatoms. The standard InChI is InChI=1S/C45H43N9O5/c1-52-24-31(25-52)53-19-17-38(51-53)37-14-15-39-43(48-37)54(42(49-39)34-4-3-18-47-41(34)46)30-9-12-33-28(22-30)7-13-36(33)50-44(55)29-8-16-40(35(23-29)45-57-20-21-58-45)59-26-27-5-10-32(56-2)11-6-27/h3-6,8-12,14-19,22-23,31,36,45H,7,13,20-21,24-26H2,1-2H3,(H2,46,47)(H,50,55)/t36-/m0/s1. The van der Waals surface area contributed by atoms with Crippen molar-refractivity contribution in [3.63, 3.8) is 0 Å². The van der Waals surface area contributed by atoms with Gasteiger partial charge in [-0.05, 0) is 109 Å². The predicted octanol–water partition coefficient (Wildman–Crippen LogP) is 6.47. The van der Waals surface area contributed by atoms with E-state index in [9.17, 15) is 4.79 Å². The quantitative estimate of drug-likeness (QED) is 0.148. The Morgan fingerprint density at radius 1 is 0.932 bits per heavy atom. The molecule has 0 spiro atoms. The Balaban J connectivity index is 0.928. The molecule has 59 heavy (non-hydrogen) atoms. The van der Waals surface area contributed by atoms with Crippen molar-refractivity contribution in [1.82, 2.24) is 39.5 Å². The van der Waals surface area contributed by atoms with Crippen LogP contribution in [0.2, 0.25) is 0 Å². The smallest absolute Gasteiger partial charge is 0.251 e. The molecule has 0 radical (unpaired) electrons. The number of ether oxygens (including phenoxy) is 4. The number of imidazole rings is 1. The van der Waals surface area contributed by atoms with Gasteiger partial charge in [0.15, 0.2) is 17.8 Å². The minimum atomic E-state index is -0.622. The molecule has 1 aliphatic carbocycles. The van der Waals surface area contributed by atoms with Crippen LogP contribution in [0.25, 0.3) is 39.6 Å². The zero-order chi connectivity index (χ0) is 40.0. The zero-order valence-electron chi connectivity index (χ0n) is 32.7. The second-order valence-corrected chi connectivity index (χ2v) is 15.2. The van der Waals surface area contributed by atoms with E-state index in [0.717, 1.165) is 71.0 Å². The van der Waals surface area contributed by atoms with Gasteiger partial charge in [0.1, 0.15) is 35.1 Å². The topological polar surface area (TPSA) is 157 Å². The van der Waals surface area contributed by atoms with Gasteiger partial charge in [-0.15, -0.1) is 0 Å². The van der Waals surface area contributed by atoms with Gasteiger partial charge in [0.25, 0.3) is 5.91 Å². The summed E-state index contributed by atoms with van der Waals surface area (Å²) in [5.41, 5.74) is 15.4. The number of nitrogens with zero attached hydrogens (tertiary/aromatic N) is 7. The molecule has 2 fully saturated rings. The van der Waals surface area contributed by atoms with Crippen LogP contribution >= 0.6 is 0 Å². The number of carbonyl (C=O) groups excluding carboxylic acids is 1. The number of nitrogens with two attached hydrogens (primary N) is 1. The second kappa shape index (κ2) is 15.3. The number of methoxy groups -OCH3 is 1. The largest absolute Gasteiger partial charge is 0.497 e. The van der Waals surface area contributed by atoms with Crippen LogP contribution < -0.4 is 20.5 Å². The van der Waals surface area contributed by atoms with E-state index in [2.05, 4.69) is 40.4 Å². The Bertz CT molecular complexity index is 2680. The number of likely N-dealkylation sites (N-methyl/N-ethyl adjacent to an activating group) is 1. The van der Waals surface area contributed by atoms with Crippen LogP contribution in [0.3, 0.4) is 0 Å². The highest BCUT2D eigenvalue weighted by molar-refractivity contribution is 5.95. The lowest BCUT2D eigenvalue weighted by molar-refractivity contribution is -0.0459. The Kier molecular flexibility index (Phi) is 9.51. The van der Waals surface area contributed by atoms with Crippen molar-refractivity contribution in [2.45, 2.75) is 37.8 Å². The van der Waals surface area contributed by atoms with E-state index in [1.165, 1.54) is 0 Å². The van der Waals surface area contributed by atoms with E-state index in [0.29, 0.717) is 65.6 Å². The predicted molar refractivity (Wildman–Crippen MR) is 221 cm³/mol. The fraction of sp³-hybridized carbons (Fsp3) is 0.267. The van der Waals surface area contributed by atoms with Gasteiger partial charge in [-0.3, -0.25) is 14.0 Å². The number of carbonyl (C=O) groups is 1.